The molecule has 1 unspecified atom stereocenters. The Morgan fingerprint density at radius 2 is 2.19 bits per heavy atom. The molecule has 148 valence electrons. The van der Waals surface area contributed by atoms with E-state index in [2.05, 4.69) is 52.0 Å². The van der Waals surface area contributed by atoms with Gasteiger partial charge in [0.15, 0.2) is 5.96 Å². The SMILES string of the molecule is CCNC(=NCC(c1cccs1)N1CCC(C)CC1)NCCn1cccn1. The molecule has 2 aromatic rings. The van der Waals surface area contributed by atoms with Crippen molar-refractivity contribution in [2.75, 3.05) is 32.7 Å². The number of hydrogen-bond donors (Lipinski definition) is 2. The standard InChI is InChI=1S/C20H32N6S/c1-3-21-20(22-10-14-26-11-5-9-24-26)23-16-18(19-6-4-15-27-19)25-12-7-17(2)8-13-25/h4-6,9,11,15,17-18H,3,7-8,10,12-14,16H2,1-2H3,(H2,21,22,23). The number of aliphatic imine (C=N–C) groups is 1. The van der Waals surface area contributed by atoms with Gasteiger partial charge in [-0.2, -0.15) is 5.10 Å². The maximum atomic E-state index is 4.91. The first kappa shape index (κ1) is 19.9. The molecule has 0 spiro atoms. The van der Waals surface area contributed by atoms with Crippen LogP contribution in [0.5, 0.6) is 0 Å². The van der Waals surface area contributed by atoms with Crippen molar-refractivity contribution in [1.29, 1.82) is 0 Å². The molecule has 0 saturated carbocycles. The third-order valence-corrected chi connectivity index (χ3v) is 6.06. The Morgan fingerprint density at radius 1 is 1.33 bits per heavy atom. The minimum atomic E-state index is 0.374. The summed E-state index contributed by atoms with van der Waals surface area (Å²) in [4.78, 5) is 8.94. The predicted molar refractivity (Wildman–Crippen MR) is 113 cm³/mol. The van der Waals surface area contributed by atoms with Crippen molar-refractivity contribution in [3.8, 4) is 0 Å². The molecule has 6 nitrogen and oxygen atoms in total. The number of nitrogens with one attached hydrogen (secondary N) is 2. The molecule has 1 aliphatic heterocycles. The molecule has 3 heterocycles. The van der Waals surface area contributed by atoms with E-state index >= 15 is 0 Å². The molecular formula is C20H32N6S. The van der Waals surface area contributed by atoms with Gasteiger partial charge in [-0.25, -0.2) is 0 Å². The minimum Gasteiger partial charge on any atom is -0.357 e. The molecule has 0 aliphatic carbocycles. The molecule has 2 aromatic heterocycles. The largest absolute Gasteiger partial charge is 0.357 e. The van der Waals surface area contributed by atoms with Gasteiger partial charge < -0.3 is 10.6 Å². The number of hydrogen-bond acceptors (Lipinski definition) is 4. The number of likely N-dealkylation sites (tertiary alicyclic amines) is 1. The number of aromatic nitrogens is 2. The van der Waals surface area contributed by atoms with Crippen LogP contribution in [-0.2, 0) is 6.54 Å². The zero-order valence-corrected chi connectivity index (χ0v) is 17.3. The summed E-state index contributed by atoms with van der Waals surface area (Å²) in [5.41, 5.74) is 0. The average molecular weight is 389 g/mol. The fourth-order valence-electron chi connectivity index (χ4n) is 3.45. The second kappa shape index (κ2) is 10.5. The molecule has 0 bridgehead atoms. The van der Waals surface area contributed by atoms with E-state index in [1.807, 2.05) is 34.5 Å². The van der Waals surface area contributed by atoms with E-state index in [-0.39, 0.29) is 0 Å². The summed E-state index contributed by atoms with van der Waals surface area (Å²) in [6.45, 7) is 10.1. The Morgan fingerprint density at radius 3 is 2.85 bits per heavy atom. The number of nitrogens with zero attached hydrogens (tertiary/aromatic N) is 4. The fourth-order valence-corrected chi connectivity index (χ4v) is 4.30. The van der Waals surface area contributed by atoms with Gasteiger partial charge in [0.05, 0.1) is 19.1 Å². The van der Waals surface area contributed by atoms with Gasteiger partial charge in [0.1, 0.15) is 0 Å². The fraction of sp³-hybridized carbons (Fsp3) is 0.600. The third kappa shape index (κ3) is 6.07. The Hall–Kier alpha value is -1.86. The van der Waals surface area contributed by atoms with Crippen molar-refractivity contribution in [3.05, 3.63) is 40.8 Å². The van der Waals surface area contributed by atoms with E-state index in [0.717, 1.165) is 38.1 Å². The van der Waals surface area contributed by atoms with Gasteiger partial charge in [-0.15, -0.1) is 11.3 Å². The predicted octanol–water partition coefficient (Wildman–Crippen LogP) is 2.97. The monoisotopic (exact) mass is 388 g/mol. The molecule has 2 N–H and O–H groups in total. The van der Waals surface area contributed by atoms with Crippen molar-refractivity contribution >= 4 is 17.3 Å². The van der Waals surface area contributed by atoms with E-state index in [0.29, 0.717) is 6.04 Å². The van der Waals surface area contributed by atoms with E-state index in [1.54, 1.807) is 0 Å². The molecule has 0 amide bonds. The highest BCUT2D eigenvalue weighted by Gasteiger charge is 2.25. The first-order valence-corrected chi connectivity index (χ1v) is 10.9. The summed E-state index contributed by atoms with van der Waals surface area (Å²) in [5.74, 6) is 1.73. The first-order valence-electron chi connectivity index (χ1n) is 10.0. The number of rotatable bonds is 8. The van der Waals surface area contributed by atoms with Gasteiger partial charge in [0, 0.05) is 30.4 Å². The third-order valence-electron chi connectivity index (χ3n) is 5.09. The van der Waals surface area contributed by atoms with Crippen molar-refractivity contribution in [1.82, 2.24) is 25.3 Å². The highest BCUT2D eigenvalue weighted by Crippen LogP contribution is 2.29. The van der Waals surface area contributed by atoms with E-state index in [1.165, 1.54) is 30.8 Å². The second-order valence-electron chi connectivity index (χ2n) is 7.17. The summed E-state index contributed by atoms with van der Waals surface area (Å²) in [5, 5.41) is 13.2. The Labute approximate surface area is 166 Å². The van der Waals surface area contributed by atoms with Gasteiger partial charge in [-0.05, 0) is 56.3 Å². The van der Waals surface area contributed by atoms with Gasteiger partial charge >= 0.3 is 0 Å². The summed E-state index contributed by atoms with van der Waals surface area (Å²) in [6, 6.07) is 6.72. The second-order valence-corrected chi connectivity index (χ2v) is 8.14. The minimum absolute atomic E-state index is 0.374. The average Bonchev–Trinajstić information content (AvgIpc) is 3.37. The van der Waals surface area contributed by atoms with Gasteiger partial charge in [0.2, 0.25) is 0 Å². The number of thiophene rings is 1. The van der Waals surface area contributed by atoms with Gasteiger partial charge in [-0.1, -0.05) is 13.0 Å². The Bertz CT molecular complexity index is 659. The van der Waals surface area contributed by atoms with Crippen LogP contribution < -0.4 is 10.6 Å². The maximum absolute atomic E-state index is 4.91. The molecule has 3 rings (SSSR count). The quantitative estimate of drug-likeness (QED) is 0.539. The van der Waals surface area contributed by atoms with Crippen molar-refractivity contribution in [2.24, 2.45) is 10.9 Å². The summed E-state index contributed by atoms with van der Waals surface area (Å²) < 4.78 is 1.93. The van der Waals surface area contributed by atoms with Crippen LogP contribution in [0.15, 0.2) is 41.0 Å². The topological polar surface area (TPSA) is 57.5 Å². The first-order chi connectivity index (χ1) is 13.3. The molecule has 27 heavy (non-hydrogen) atoms. The zero-order valence-electron chi connectivity index (χ0n) is 16.5. The van der Waals surface area contributed by atoms with Crippen LogP contribution in [0.3, 0.4) is 0 Å². The van der Waals surface area contributed by atoms with Crippen LogP contribution >= 0.6 is 11.3 Å². The van der Waals surface area contributed by atoms with Crippen LogP contribution in [0, 0.1) is 5.92 Å². The smallest absolute Gasteiger partial charge is 0.191 e. The zero-order chi connectivity index (χ0) is 18.9. The highest BCUT2D eigenvalue weighted by molar-refractivity contribution is 7.10. The molecular weight excluding hydrogens is 356 g/mol. The van der Waals surface area contributed by atoms with Crippen molar-refractivity contribution in [2.45, 2.75) is 39.3 Å². The van der Waals surface area contributed by atoms with Gasteiger partial charge in [-0.3, -0.25) is 14.6 Å². The normalized spacial score (nSPS) is 17.8. The Kier molecular flexibility index (Phi) is 7.71. The van der Waals surface area contributed by atoms with Crippen LogP contribution in [0.2, 0.25) is 0 Å². The summed E-state index contributed by atoms with van der Waals surface area (Å²) >= 11 is 1.84. The van der Waals surface area contributed by atoms with Crippen LogP contribution in [-0.4, -0.2) is 53.4 Å². The van der Waals surface area contributed by atoms with Crippen LogP contribution in [0.4, 0.5) is 0 Å². The molecule has 7 heteroatoms. The lowest BCUT2D eigenvalue weighted by molar-refractivity contribution is 0.143. The Balaban J connectivity index is 1.61. The maximum Gasteiger partial charge on any atom is 0.191 e. The van der Waals surface area contributed by atoms with Crippen LogP contribution in [0.25, 0.3) is 0 Å². The van der Waals surface area contributed by atoms with E-state index in [4.69, 9.17) is 4.99 Å². The lowest BCUT2D eigenvalue weighted by atomic mass is 9.97. The molecule has 1 fully saturated rings. The highest BCUT2D eigenvalue weighted by atomic mass is 32.1. The van der Waals surface area contributed by atoms with Crippen molar-refractivity contribution < 1.29 is 0 Å². The lowest BCUT2D eigenvalue weighted by Gasteiger charge is -2.35. The summed E-state index contributed by atoms with van der Waals surface area (Å²) in [6.07, 6.45) is 6.36. The number of piperidine rings is 1. The van der Waals surface area contributed by atoms with Gasteiger partial charge in [0.25, 0.3) is 0 Å². The molecule has 0 aromatic carbocycles. The lowest BCUT2D eigenvalue weighted by Crippen LogP contribution is -2.41. The molecule has 0 radical (unpaired) electrons. The van der Waals surface area contributed by atoms with Crippen LogP contribution in [0.1, 0.15) is 37.6 Å². The summed E-state index contributed by atoms with van der Waals surface area (Å²) in [7, 11) is 0. The van der Waals surface area contributed by atoms with E-state index < -0.39 is 0 Å². The molecule has 1 aliphatic rings. The number of guanidine groups is 1. The van der Waals surface area contributed by atoms with Crippen molar-refractivity contribution in [3.63, 3.8) is 0 Å². The molecule has 1 saturated heterocycles. The molecule has 1 atom stereocenters. The van der Waals surface area contributed by atoms with E-state index in [9.17, 15) is 0 Å².